The second-order valence-corrected chi connectivity index (χ2v) is 7.71. The highest BCUT2D eigenvalue weighted by Crippen LogP contribution is 2.25. The number of phenols is 1. The van der Waals surface area contributed by atoms with Gasteiger partial charge in [0.1, 0.15) is 5.75 Å². The van der Waals surface area contributed by atoms with Crippen LogP contribution in [0.2, 0.25) is 10.0 Å². The Labute approximate surface area is 169 Å². The molecule has 1 amide bonds. The Kier molecular flexibility index (Phi) is 6.47. The summed E-state index contributed by atoms with van der Waals surface area (Å²) >= 11 is 12.0. The summed E-state index contributed by atoms with van der Waals surface area (Å²) in [5.74, 6) is 0.303. The summed E-state index contributed by atoms with van der Waals surface area (Å²) in [4.78, 5) is 15.9. The number of carbonyl (C=O) groups excluding carboxylic acids is 1. The van der Waals surface area contributed by atoms with Crippen LogP contribution >= 0.6 is 23.2 Å². The molecular weight excluding hydrogens is 385 g/mol. The van der Waals surface area contributed by atoms with Crippen LogP contribution in [0.15, 0.2) is 42.5 Å². The summed E-state index contributed by atoms with van der Waals surface area (Å²) in [6, 6.07) is 12.5. The van der Waals surface area contributed by atoms with Crippen LogP contribution in [0.5, 0.6) is 5.75 Å². The maximum Gasteiger partial charge on any atom is 0.275 e. The zero-order valence-corrected chi connectivity index (χ0v) is 16.7. The number of phenolic OH excluding ortho intramolecular Hbond substituents is 1. The van der Waals surface area contributed by atoms with Crippen LogP contribution in [0.25, 0.3) is 0 Å². The second kappa shape index (κ2) is 8.83. The molecule has 7 heteroatoms. The van der Waals surface area contributed by atoms with E-state index < -0.39 is 0 Å². The number of nitrogens with zero attached hydrogens (tertiary/aromatic N) is 1. The Balaban J connectivity index is 1.47. The normalized spacial score (nSPS) is 16.2. The van der Waals surface area contributed by atoms with Gasteiger partial charge in [0.25, 0.3) is 5.91 Å². The monoisotopic (exact) mass is 408 g/mol. The first kappa shape index (κ1) is 19.8. The molecule has 5 nitrogen and oxygen atoms in total. The topological polar surface area (TPSA) is 57.0 Å². The molecule has 1 fully saturated rings. The van der Waals surface area contributed by atoms with Crippen molar-refractivity contribution >= 4 is 34.8 Å². The van der Waals surface area contributed by atoms with Crippen LogP contribution in [-0.2, 0) is 4.79 Å². The number of nitrogens with one attached hydrogen (secondary N) is 2. The molecule has 1 aliphatic heterocycles. The summed E-state index contributed by atoms with van der Waals surface area (Å²) in [6.45, 7) is 5.96. The van der Waals surface area contributed by atoms with Gasteiger partial charge in [-0.3, -0.25) is 4.79 Å². The largest absolute Gasteiger partial charge is 0.508 e. The van der Waals surface area contributed by atoms with E-state index in [1.807, 2.05) is 25.1 Å². The minimum Gasteiger partial charge on any atom is -0.508 e. The van der Waals surface area contributed by atoms with Gasteiger partial charge in [-0.1, -0.05) is 29.3 Å². The van der Waals surface area contributed by atoms with E-state index in [0.717, 1.165) is 37.4 Å². The lowest BCUT2D eigenvalue weighted by atomic mass is 10.1. The van der Waals surface area contributed by atoms with E-state index in [0.29, 0.717) is 16.6 Å². The Morgan fingerprint density at radius 1 is 1.15 bits per heavy atom. The molecule has 0 unspecified atom stereocenters. The fraction of sp³-hybridized carbons (Fsp3) is 0.350. The lowest BCUT2D eigenvalue weighted by Gasteiger charge is -2.33. The zero-order valence-electron chi connectivity index (χ0n) is 15.2. The molecule has 0 radical (unpaired) electrons. The van der Waals surface area contributed by atoms with Gasteiger partial charge in [0, 0.05) is 5.69 Å². The average molecular weight is 409 g/mol. The maximum atomic E-state index is 12.4. The van der Waals surface area contributed by atoms with E-state index >= 15 is 0 Å². The van der Waals surface area contributed by atoms with Crippen molar-refractivity contribution in [3.05, 3.63) is 58.1 Å². The number of hydrogen-bond donors (Lipinski definition) is 3. The molecule has 1 atom stereocenters. The van der Waals surface area contributed by atoms with Crippen molar-refractivity contribution in [3.63, 3.8) is 0 Å². The molecule has 3 rings (SSSR count). The number of aromatic hydroxyl groups is 1. The summed E-state index contributed by atoms with van der Waals surface area (Å²) < 4.78 is 0. The molecule has 1 heterocycles. The number of quaternary nitrogens is 1. The SMILES string of the molecule is C[C@H](NC(=O)C[NH+]1CCN(c2ccc(O)cc2)CC1)c1ccc(Cl)c(Cl)c1. The van der Waals surface area contributed by atoms with Crippen molar-refractivity contribution in [1.29, 1.82) is 0 Å². The van der Waals surface area contributed by atoms with Crippen LogP contribution < -0.4 is 15.1 Å². The number of halogens is 2. The van der Waals surface area contributed by atoms with Crippen molar-refractivity contribution in [2.24, 2.45) is 0 Å². The number of anilines is 1. The first-order valence-electron chi connectivity index (χ1n) is 9.04. The van der Waals surface area contributed by atoms with Gasteiger partial charge in [-0.05, 0) is 48.9 Å². The molecule has 144 valence electrons. The zero-order chi connectivity index (χ0) is 19.4. The van der Waals surface area contributed by atoms with Crippen molar-refractivity contribution in [3.8, 4) is 5.75 Å². The van der Waals surface area contributed by atoms with E-state index in [-0.39, 0.29) is 17.7 Å². The fourth-order valence-corrected chi connectivity index (χ4v) is 3.61. The predicted octanol–water partition coefficient (Wildman–Crippen LogP) is 2.28. The molecule has 0 saturated carbocycles. The van der Waals surface area contributed by atoms with Gasteiger partial charge in [0.2, 0.25) is 0 Å². The first-order chi connectivity index (χ1) is 12.9. The minimum atomic E-state index is -0.120. The lowest BCUT2D eigenvalue weighted by molar-refractivity contribution is -0.892. The molecule has 0 aliphatic carbocycles. The Hall–Kier alpha value is -1.95. The van der Waals surface area contributed by atoms with Crippen molar-refractivity contribution in [2.45, 2.75) is 13.0 Å². The van der Waals surface area contributed by atoms with Gasteiger partial charge in [0.05, 0.1) is 42.3 Å². The molecule has 27 heavy (non-hydrogen) atoms. The van der Waals surface area contributed by atoms with Gasteiger partial charge in [-0.15, -0.1) is 0 Å². The molecule has 2 aromatic rings. The van der Waals surface area contributed by atoms with E-state index in [1.54, 1.807) is 24.3 Å². The molecule has 0 aromatic heterocycles. The van der Waals surface area contributed by atoms with Crippen LogP contribution in [0.4, 0.5) is 5.69 Å². The molecule has 2 aromatic carbocycles. The highest BCUT2D eigenvalue weighted by molar-refractivity contribution is 6.42. The quantitative estimate of drug-likeness (QED) is 0.711. The summed E-state index contributed by atoms with van der Waals surface area (Å²) in [5, 5.41) is 13.4. The molecule has 3 N–H and O–H groups in total. The molecule has 0 bridgehead atoms. The highest BCUT2D eigenvalue weighted by atomic mass is 35.5. The second-order valence-electron chi connectivity index (χ2n) is 6.89. The smallest absolute Gasteiger partial charge is 0.275 e. The first-order valence-corrected chi connectivity index (χ1v) is 9.80. The Morgan fingerprint density at radius 2 is 1.81 bits per heavy atom. The number of rotatable bonds is 5. The third-order valence-electron chi connectivity index (χ3n) is 4.92. The van der Waals surface area contributed by atoms with E-state index in [4.69, 9.17) is 23.2 Å². The van der Waals surface area contributed by atoms with E-state index in [9.17, 15) is 9.90 Å². The number of carbonyl (C=O) groups is 1. The van der Waals surface area contributed by atoms with Gasteiger partial charge in [0.15, 0.2) is 6.54 Å². The van der Waals surface area contributed by atoms with E-state index in [2.05, 4.69) is 10.2 Å². The molecule has 1 saturated heterocycles. The number of benzene rings is 2. The van der Waals surface area contributed by atoms with Crippen LogP contribution in [0, 0.1) is 0 Å². The van der Waals surface area contributed by atoms with Crippen LogP contribution in [0.3, 0.4) is 0 Å². The van der Waals surface area contributed by atoms with Gasteiger partial charge >= 0.3 is 0 Å². The average Bonchev–Trinajstić information content (AvgIpc) is 2.65. The van der Waals surface area contributed by atoms with Crippen molar-refractivity contribution in [1.82, 2.24) is 5.32 Å². The van der Waals surface area contributed by atoms with E-state index in [1.165, 1.54) is 4.90 Å². The minimum absolute atomic E-state index is 0.0293. The van der Waals surface area contributed by atoms with Crippen molar-refractivity contribution < 1.29 is 14.8 Å². The highest BCUT2D eigenvalue weighted by Gasteiger charge is 2.23. The number of piperazine rings is 1. The van der Waals surface area contributed by atoms with Gasteiger partial charge in [-0.25, -0.2) is 0 Å². The fourth-order valence-electron chi connectivity index (χ4n) is 3.31. The number of amides is 1. The lowest BCUT2D eigenvalue weighted by Crippen LogP contribution is -3.15. The third kappa shape index (κ3) is 5.28. The number of hydrogen-bond acceptors (Lipinski definition) is 3. The molecule has 0 spiro atoms. The summed E-state index contributed by atoms with van der Waals surface area (Å²) in [5.41, 5.74) is 2.04. The molecule has 1 aliphatic rings. The standard InChI is InChI=1S/C20H23Cl2N3O2/c1-14(15-2-7-18(21)19(22)12-15)23-20(27)13-24-8-10-25(11-9-24)16-3-5-17(26)6-4-16/h2-7,12,14,26H,8-11,13H2,1H3,(H,23,27)/p+1/t14-/m0/s1. The summed E-state index contributed by atoms with van der Waals surface area (Å²) in [7, 11) is 0. The van der Waals surface area contributed by atoms with Gasteiger partial charge < -0.3 is 20.2 Å². The van der Waals surface area contributed by atoms with Gasteiger partial charge in [-0.2, -0.15) is 0 Å². The van der Waals surface area contributed by atoms with Crippen molar-refractivity contribution in [2.75, 3.05) is 37.6 Å². The predicted molar refractivity (Wildman–Crippen MR) is 109 cm³/mol. The summed E-state index contributed by atoms with van der Waals surface area (Å²) in [6.07, 6.45) is 0. The van der Waals surface area contributed by atoms with Crippen LogP contribution in [0.1, 0.15) is 18.5 Å². The van der Waals surface area contributed by atoms with Crippen LogP contribution in [-0.4, -0.2) is 43.7 Å². The Morgan fingerprint density at radius 3 is 2.44 bits per heavy atom. The third-order valence-corrected chi connectivity index (χ3v) is 5.66. The Bertz CT molecular complexity index is 790. The maximum absolute atomic E-state index is 12.4. The molecular formula is C20H24Cl2N3O2+.